The summed E-state index contributed by atoms with van der Waals surface area (Å²) in [6, 6.07) is -0.181. The molecule has 8 nitrogen and oxygen atoms in total. The van der Waals surface area contributed by atoms with Crippen LogP contribution in [-0.4, -0.2) is 30.1 Å². The monoisotopic (exact) mass is 452 g/mol. The topological polar surface area (TPSA) is 106 Å². The molecule has 0 saturated heterocycles. The summed E-state index contributed by atoms with van der Waals surface area (Å²) in [5, 5.41) is 12.8. The van der Waals surface area contributed by atoms with Crippen molar-refractivity contribution in [1.29, 1.82) is 0 Å². The highest BCUT2D eigenvalue weighted by atomic mass is 16.2. The third kappa shape index (κ3) is 6.61. The van der Waals surface area contributed by atoms with Crippen LogP contribution in [0.4, 0.5) is 0 Å². The largest absolute Gasteiger partial charge is 0.362 e. The number of nitrogens with one attached hydrogen (secondary N) is 6. The lowest BCUT2D eigenvalue weighted by atomic mass is 9.87. The van der Waals surface area contributed by atoms with Gasteiger partial charge in [-0.3, -0.25) is 9.59 Å². The second-order valence-electron chi connectivity index (χ2n) is 9.71. The second kappa shape index (κ2) is 10.1. The molecule has 33 heavy (non-hydrogen) atoms. The van der Waals surface area contributed by atoms with Gasteiger partial charge in [-0.15, -0.1) is 0 Å². The molecule has 0 aromatic carbocycles. The zero-order chi connectivity index (χ0) is 24.2. The highest BCUT2D eigenvalue weighted by Crippen LogP contribution is 2.25. The van der Waals surface area contributed by atoms with Crippen LogP contribution in [0.3, 0.4) is 0 Å². The van der Waals surface area contributed by atoms with Crippen LogP contribution in [0.5, 0.6) is 0 Å². The minimum Gasteiger partial charge on any atom is -0.362 e. The van der Waals surface area contributed by atoms with E-state index in [4.69, 9.17) is 0 Å². The Bertz CT molecular complexity index is 964. The number of carbonyl (C=O) groups is 2. The van der Waals surface area contributed by atoms with Gasteiger partial charge in [-0.1, -0.05) is 33.4 Å². The van der Waals surface area contributed by atoms with E-state index in [0.717, 1.165) is 35.6 Å². The van der Waals surface area contributed by atoms with Crippen molar-refractivity contribution in [2.45, 2.75) is 65.7 Å². The van der Waals surface area contributed by atoms with Gasteiger partial charge < -0.3 is 26.7 Å². The molecule has 3 atom stereocenters. The van der Waals surface area contributed by atoms with Gasteiger partial charge in [0.2, 0.25) is 5.91 Å². The molecule has 6 N–H and O–H groups in total. The number of hydrogen-bond donors (Lipinski definition) is 6. The molecule has 8 heteroatoms. The van der Waals surface area contributed by atoms with Gasteiger partial charge in [-0.25, -0.2) is 5.43 Å². The number of allylic oxidation sites excluding steroid dienone is 3. The molecule has 1 aliphatic carbocycles. The van der Waals surface area contributed by atoms with Crippen molar-refractivity contribution in [3.8, 4) is 0 Å². The van der Waals surface area contributed by atoms with E-state index in [9.17, 15) is 9.59 Å². The lowest BCUT2D eigenvalue weighted by molar-refractivity contribution is -0.118. The van der Waals surface area contributed by atoms with Crippen molar-refractivity contribution in [1.82, 2.24) is 32.1 Å². The van der Waals surface area contributed by atoms with E-state index < -0.39 is 0 Å². The summed E-state index contributed by atoms with van der Waals surface area (Å²) in [6.45, 7) is 13.8. The SMILES string of the molecule is C=CC(=O)NC1=CCCC(C2C=C(C(=O)NC(C)C(C)(C)C)C=C(NC3C=C(C)NN3)N2)=C1. The summed E-state index contributed by atoms with van der Waals surface area (Å²) in [4.78, 5) is 24.9. The molecule has 178 valence electrons. The Kier molecular flexibility index (Phi) is 7.48. The van der Waals surface area contributed by atoms with Crippen LogP contribution < -0.4 is 32.1 Å². The fourth-order valence-corrected chi connectivity index (χ4v) is 3.58. The maximum absolute atomic E-state index is 13.1. The van der Waals surface area contributed by atoms with Crippen LogP contribution in [0, 0.1) is 5.41 Å². The number of carbonyl (C=O) groups excluding carboxylic acids is 2. The Labute approximate surface area is 196 Å². The van der Waals surface area contributed by atoms with Crippen molar-refractivity contribution in [3.05, 3.63) is 71.4 Å². The van der Waals surface area contributed by atoms with Gasteiger partial charge in [0.1, 0.15) is 12.0 Å². The standard InChI is InChI=1S/C25H36N6O2/c1-7-23(32)27-19-10-8-9-17(12-19)20-13-18(24(33)26-16(3)25(4,5)6)14-21(28-20)29-22-11-15(2)30-31-22/h7,10-14,16,20,22,28-31H,1,8-9H2,2-6H3,(H,26,33)(H,27,32). The Balaban J connectivity index is 1.84. The Hall–Kier alpha value is -3.26. The molecule has 2 amide bonds. The molecule has 0 saturated carbocycles. The van der Waals surface area contributed by atoms with E-state index in [2.05, 4.69) is 59.5 Å². The molecule has 0 fully saturated rings. The van der Waals surface area contributed by atoms with Crippen LogP contribution in [0.2, 0.25) is 0 Å². The maximum atomic E-state index is 13.1. The fourth-order valence-electron chi connectivity index (χ4n) is 3.58. The van der Waals surface area contributed by atoms with E-state index in [1.54, 1.807) is 0 Å². The van der Waals surface area contributed by atoms with Crippen molar-refractivity contribution in [3.63, 3.8) is 0 Å². The molecule has 0 bridgehead atoms. The molecule has 3 unspecified atom stereocenters. The van der Waals surface area contributed by atoms with Crippen molar-refractivity contribution in [2.75, 3.05) is 0 Å². The summed E-state index contributed by atoms with van der Waals surface area (Å²) < 4.78 is 0. The van der Waals surface area contributed by atoms with Crippen LogP contribution in [-0.2, 0) is 9.59 Å². The highest BCUT2D eigenvalue weighted by molar-refractivity contribution is 5.97. The van der Waals surface area contributed by atoms with Gasteiger partial charge in [0.05, 0.1) is 6.04 Å². The fraction of sp³-hybridized carbons (Fsp3) is 0.440. The van der Waals surface area contributed by atoms with Gasteiger partial charge in [-0.2, -0.15) is 0 Å². The summed E-state index contributed by atoms with van der Waals surface area (Å²) in [5.41, 5.74) is 9.61. The van der Waals surface area contributed by atoms with Crippen LogP contribution >= 0.6 is 0 Å². The first-order valence-electron chi connectivity index (χ1n) is 11.4. The van der Waals surface area contributed by atoms with Crippen molar-refractivity contribution >= 4 is 11.8 Å². The Morgan fingerprint density at radius 3 is 2.64 bits per heavy atom. The first-order valence-corrected chi connectivity index (χ1v) is 11.4. The third-order valence-corrected chi connectivity index (χ3v) is 6.01. The van der Waals surface area contributed by atoms with E-state index in [1.165, 1.54) is 6.08 Å². The zero-order valence-electron chi connectivity index (χ0n) is 20.1. The Morgan fingerprint density at radius 1 is 1.24 bits per heavy atom. The van der Waals surface area contributed by atoms with Gasteiger partial charge in [0, 0.05) is 23.0 Å². The van der Waals surface area contributed by atoms with Crippen LogP contribution in [0.15, 0.2) is 71.4 Å². The summed E-state index contributed by atoms with van der Waals surface area (Å²) in [7, 11) is 0. The average molecular weight is 453 g/mol. The van der Waals surface area contributed by atoms with Crippen LogP contribution in [0.25, 0.3) is 0 Å². The van der Waals surface area contributed by atoms with Crippen molar-refractivity contribution < 1.29 is 9.59 Å². The number of rotatable bonds is 7. The number of hydrazine groups is 1. The predicted molar refractivity (Wildman–Crippen MR) is 131 cm³/mol. The first kappa shape index (κ1) is 24.4. The molecule has 3 rings (SSSR count). The molecule has 0 radical (unpaired) electrons. The molecule has 3 aliphatic rings. The third-order valence-electron chi connectivity index (χ3n) is 6.01. The molecule has 0 aromatic rings. The highest BCUT2D eigenvalue weighted by Gasteiger charge is 2.27. The van der Waals surface area contributed by atoms with Crippen molar-refractivity contribution in [2.24, 2.45) is 5.41 Å². The van der Waals surface area contributed by atoms with E-state index >= 15 is 0 Å². The molecule has 2 aliphatic heterocycles. The number of amides is 2. The quantitative estimate of drug-likeness (QED) is 0.331. The number of dihydropyridines is 1. The zero-order valence-corrected chi connectivity index (χ0v) is 20.1. The van der Waals surface area contributed by atoms with E-state index in [1.807, 2.05) is 44.2 Å². The summed E-state index contributed by atoms with van der Waals surface area (Å²) in [6.07, 6.45) is 12.5. The van der Waals surface area contributed by atoms with Gasteiger partial charge >= 0.3 is 0 Å². The maximum Gasteiger partial charge on any atom is 0.251 e. The minimum atomic E-state index is -0.244. The minimum absolute atomic E-state index is 0.00729. The molecule has 0 aromatic heterocycles. The van der Waals surface area contributed by atoms with Gasteiger partial charge in [0.25, 0.3) is 5.91 Å². The smallest absolute Gasteiger partial charge is 0.251 e. The van der Waals surface area contributed by atoms with E-state index in [0.29, 0.717) is 5.57 Å². The summed E-state index contributed by atoms with van der Waals surface area (Å²) in [5.74, 6) is 0.388. The number of hydrogen-bond acceptors (Lipinski definition) is 6. The molecule has 2 heterocycles. The lowest BCUT2D eigenvalue weighted by Gasteiger charge is -2.31. The van der Waals surface area contributed by atoms with E-state index in [-0.39, 0.29) is 35.5 Å². The molecular weight excluding hydrogens is 416 g/mol. The predicted octanol–water partition coefficient (Wildman–Crippen LogP) is 2.11. The summed E-state index contributed by atoms with van der Waals surface area (Å²) >= 11 is 0. The molecule has 0 spiro atoms. The normalized spacial score (nSPS) is 23.4. The first-order chi connectivity index (χ1) is 15.5. The Morgan fingerprint density at radius 2 is 2.00 bits per heavy atom. The lowest BCUT2D eigenvalue weighted by Crippen LogP contribution is -2.48. The second-order valence-corrected chi connectivity index (χ2v) is 9.71. The van der Waals surface area contributed by atoms with Gasteiger partial charge in [-0.05, 0) is 68.1 Å². The van der Waals surface area contributed by atoms with Gasteiger partial charge in [0.15, 0.2) is 0 Å². The average Bonchev–Trinajstić information content (AvgIpc) is 3.17. The van der Waals surface area contributed by atoms with Crippen LogP contribution in [0.1, 0.15) is 47.5 Å². The molecular formula is C25H36N6O2.